The Labute approximate surface area is 189 Å². The smallest absolute Gasteiger partial charge is 0.349 e. The maximum absolute atomic E-state index is 13.1. The summed E-state index contributed by atoms with van der Waals surface area (Å²) < 4.78 is 40.5. The zero-order valence-electron chi connectivity index (χ0n) is 18.6. The summed E-state index contributed by atoms with van der Waals surface area (Å²) in [6.45, 7) is 1.80. The minimum Gasteiger partial charge on any atom is -0.349 e. The summed E-state index contributed by atoms with van der Waals surface area (Å²) in [5, 5.41) is 6.82. The van der Waals surface area contributed by atoms with Gasteiger partial charge in [-0.05, 0) is 51.2 Å². The van der Waals surface area contributed by atoms with Crippen molar-refractivity contribution in [2.24, 2.45) is 0 Å². The lowest BCUT2D eigenvalue weighted by molar-refractivity contribution is -0.137. The Kier molecular flexibility index (Phi) is 7.33. The Bertz CT molecular complexity index is 1170. The van der Waals surface area contributed by atoms with Crippen LogP contribution < -0.4 is 10.7 Å². The predicted molar refractivity (Wildman–Crippen MR) is 120 cm³/mol. The molecule has 1 aromatic heterocycles. The van der Waals surface area contributed by atoms with Gasteiger partial charge in [-0.25, -0.2) is 4.68 Å². The molecule has 1 heterocycles. The number of alkyl halides is 3. The molecule has 1 unspecified atom stereocenters. The highest BCUT2D eigenvalue weighted by molar-refractivity contribution is 5.92. The molecule has 0 aliphatic rings. The van der Waals surface area contributed by atoms with Crippen molar-refractivity contribution in [1.82, 2.24) is 20.0 Å². The van der Waals surface area contributed by atoms with Crippen molar-refractivity contribution in [3.05, 3.63) is 93.4 Å². The normalized spacial score (nSPS) is 12.6. The van der Waals surface area contributed by atoms with E-state index in [0.29, 0.717) is 12.1 Å². The molecule has 33 heavy (non-hydrogen) atoms. The molecule has 3 aromatic rings. The van der Waals surface area contributed by atoms with Crippen LogP contribution in [0.5, 0.6) is 0 Å². The molecule has 0 aliphatic heterocycles. The van der Waals surface area contributed by atoms with Gasteiger partial charge in [0, 0.05) is 24.3 Å². The van der Waals surface area contributed by atoms with Crippen molar-refractivity contribution < 1.29 is 18.0 Å². The lowest BCUT2D eigenvalue weighted by atomic mass is 10.1. The van der Waals surface area contributed by atoms with E-state index in [1.807, 2.05) is 49.3 Å². The van der Waals surface area contributed by atoms with E-state index in [9.17, 15) is 22.8 Å². The standard InChI is InChI=1S/C24H25F3N4O2/c1-16-12-21(32)22(29-31(16)19-11-7-10-18(14-19)24(25,26)27)23(33)28-15-20(30(2)3)13-17-8-5-4-6-9-17/h4-12,14,20H,13,15H2,1-3H3,(H,28,33). The molecule has 6 nitrogen and oxygen atoms in total. The molecule has 1 atom stereocenters. The molecule has 0 saturated carbocycles. The highest BCUT2D eigenvalue weighted by Gasteiger charge is 2.30. The number of rotatable bonds is 7. The second-order valence-electron chi connectivity index (χ2n) is 7.98. The number of amides is 1. The topological polar surface area (TPSA) is 67.2 Å². The van der Waals surface area contributed by atoms with Crippen LogP contribution in [0.1, 0.15) is 27.3 Å². The molecule has 174 valence electrons. The average molecular weight is 458 g/mol. The molecule has 1 amide bonds. The second-order valence-corrected chi connectivity index (χ2v) is 7.98. The zero-order valence-corrected chi connectivity index (χ0v) is 18.6. The first-order valence-electron chi connectivity index (χ1n) is 10.3. The number of carbonyl (C=O) groups excluding carboxylic acids is 1. The van der Waals surface area contributed by atoms with Gasteiger partial charge in [-0.15, -0.1) is 0 Å². The zero-order chi connectivity index (χ0) is 24.2. The summed E-state index contributed by atoms with van der Waals surface area (Å²) in [4.78, 5) is 27.2. The van der Waals surface area contributed by atoms with Crippen LogP contribution in [0, 0.1) is 6.92 Å². The largest absolute Gasteiger partial charge is 0.416 e. The third-order valence-corrected chi connectivity index (χ3v) is 5.28. The summed E-state index contributed by atoms with van der Waals surface area (Å²) in [5.74, 6) is -0.680. The summed E-state index contributed by atoms with van der Waals surface area (Å²) in [6.07, 6.45) is -3.84. The molecule has 0 fully saturated rings. The molecule has 1 N–H and O–H groups in total. The molecular weight excluding hydrogens is 433 g/mol. The van der Waals surface area contributed by atoms with Crippen molar-refractivity contribution in [2.45, 2.75) is 25.6 Å². The van der Waals surface area contributed by atoms with E-state index in [1.54, 1.807) is 0 Å². The minimum atomic E-state index is -4.52. The molecule has 0 aliphatic carbocycles. The van der Waals surface area contributed by atoms with E-state index in [2.05, 4.69) is 10.4 Å². The lowest BCUT2D eigenvalue weighted by Crippen LogP contribution is -2.43. The number of nitrogens with one attached hydrogen (secondary N) is 1. The summed E-state index contributed by atoms with van der Waals surface area (Å²) in [7, 11) is 3.79. The van der Waals surface area contributed by atoms with E-state index in [4.69, 9.17) is 0 Å². The van der Waals surface area contributed by atoms with Gasteiger partial charge in [0.05, 0.1) is 11.3 Å². The number of halogens is 3. The molecule has 9 heteroatoms. The number of hydrogen-bond donors (Lipinski definition) is 1. The van der Waals surface area contributed by atoms with Gasteiger partial charge < -0.3 is 10.2 Å². The van der Waals surface area contributed by atoms with Gasteiger partial charge in [-0.1, -0.05) is 36.4 Å². The number of nitrogens with zero attached hydrogens (tertiary/aromatic N) is 3. The fraction of sp³-hybridized carbons (Fsp3) is 0.292. The first-order chi connectivity index (χ1) is 15.6. The van der Waals surface area contributed by atoms with Gasteiger partial charge in [0.1, 0.15) is 0 Å². The van der Waals surface area contributed by atoms with E-state index in [1.165, 1.54) is 29.8 Å². The lowest BCUT2D eigenvalue weighted by Gasteiger charge is -2.24. The Balaban J connectivity index is 1.83. The molecule has 2 aromatic carbocycles. The number of carbonyl (C=O) groups is 1. The third-order valence-electron chi connectivity index (χ3n) is 5.28. The monoisotopic (exact) mass is 458 g/mol. The third kappa shape index (κ3) is 6.07. The average Bonchev–Trinajstić information content (AvgIpc) is 2.76. The Morgan fingerprint density at radius 1 is 1.09 bits per heavy atom. The van der Waals surface area contributed by atoms with Crippen LogP contribution in [-0.4, -0.2) is 47.3 Å². The molecule has 3 rings (SSSR count). The van der Waals surface area contributed by atoms with Crippen LogP contribution in [0.15, 0.2) is 65.5 Å². The molecule has 0 bridgehead atoms. The number of benzene rings is 2. The fourth-order valence-electron chi connectivity index (χ4n) is 3.40. The van der Waals surface area contributed by atoms with E-state index < -0.39 is 23.1 Å². The van der Waals surface area contributed by atoms with Crippen molar-refractivity contribution in [2.75, 3.05) is 20.6 Å². The van der Waals surface area contributed by atoms with Crippen molar-refractivity contribution in [3.63, 3.8) is 0 Å². The van der Waals surface area contributed by atoms with Gasteiger partial charge in [0.2, 0.25) is 5.43 Å². The van der Waals surface area contributed by atoms with Gasteiger partial charge in [-0.3, -0.25) is 9.59 Å². The van der Waals surface area contributed by atoms with Gasteiger partial charge >= 0.3 is 6.18 Å². The summed E-state index contributed by atoms with van der Waals surface area (Å²) in [5.41, 5.74) is -0.308. The SMILES string of the molecule is Cc1cc(=O)c(C(=O)NCC(Cc2ccccc2)N(C)C)nn1-c1cccc(C(F)(F)F)c1. The molecule has 0 radical (unpaired) electrons. The van der Waals surface area contributed by atoms with Gasteiger partial charge in [0.15, 0.2) is 5.69 Å². The van der Waals surface area contributed by atoms with Crippen molar-refractivity contribution >= 4 is 5.91 Å². The molecule has 0 spiro atoms. The minimum absolute atomic E-state index is 0.0347. The van der Waals surface area contributed by atoms with Crippen LogP contribution in [-0.2, 0) is 12.6 Å². The predicted octanol–water partition coefficient (Wildman–Crippen LogP) is 3.46. The van der Waals surface area contributed by atoms with Crippen LogP contribution in [0.2, 0.25) is 0 Å². The van der Waals surface area contributed by atoms with Crippen molar-refractivity contribution in [3.8, 4) is 5.69 Å². The highest BCUT2D eigenvalue weighted by atomic mass is 19.4. The van der Waals surface area contributed by atoms with Crippen LogP contribution in [0.4, 0.5) is 13.2 Å². The maximum Gasteiger partial charge on any atom is 0.416 e. The van der Waals surface area contributed by atoms with Gasteiger partial charge in [0.25, 0.3) is 5.91 Å². The first kappa shape index (κ1) is 24.2. The number of aromatic nitrogens is 2. The van der Waals surface area contributed by atoms with Crippen LogP contribution in [0.25, 0.3) is 5.69 Å². The van der Waals surface area contributed by atoms with E-state index in [0.717, 1.165) is 17.7 Å². The number of likely N-dealkylation sites (N-methyl/N-ethyl adjacent to an activating group) is 1. The van der Waals surface area contributed by atoms with Crippen LogP contribution >= 0.6 is 0 Å². The number of hydrogen-bond acceptors (Lipinski definition) is 4. The first-order valence-corrected chi connectivity index (χ1v) is 10.3. The second kappa shape index (κ2) is 9.99. The molecule has 0 saturated heterocycles. The summed E-state index contributed by atoms with van der Waals surface area (Å²) >= 11 is 0. The van der Waals surface area contributed by atoms with E-state index >= 15 is 0 Å². The van der Waals surface area contributed by atoms with Gasteiger partial charge in [-0.2, -0.15) is 18.3 Å². The highest BCUT2D eigenvalue weighted by Crippen LogP contribution is 2.30. The Morgan fingerprint density at radius 3 is 2.42 bits per heavy atom. The van der Waals surface area contributed by atoms with Crippen LogP contribution in [0.3, 0.4) is 0 Å². The van der Waals surface area contributed by atoms with Crippen molar-refractivity contribution in [1.29, 1.82) is 0 Å². The maximum atomic E-state index is 13.1. The Morgan fingerprint density at radius 2 is 1.79 bits per heavy atom. The van der Waals surface area contributed by atoms with E-state index in [-0.39, 0.29) is 24.0 Å². The number of aryl methyl sites for hydroxylation is 1. The quantitative estimate of drug-likeness (QED) is 0.589. The fourth-order valence-corrected chi connectivity index (χ4v) is 3.40. The Hall–Kier alpha value is -3.46. The summed E-state index contributed by atoms with van der Waals surface area (Å²) in [6, 6.07) is 15.5. The molecular formula is C24H25F3N4O2.